The van der Waals surface area contributed by atoms with Crippen molar-refractivity contribution in [3.8, 4) is 0 Å². The maximum Gasteiger partial charge on any atom is 0.0362 e. The summed E-state index contributed by atoms with van der Waals surface area (Å²) in [6, 6.07) is 9.37. The van der Waals surface area contributed by atoms with Gasteiger partial charge >= 0.3 is 0 Å². The number of benzene rings is 1. The van der Waals surface area contributed by atoms with Crippen molar-refractivity contribution < 1.29 is 0 Å². The van der Waals surface area contributed by atoms with Crippen molar-refractivity contribution in [3.05, 3.63) is 24.3 Å². The van der Waals surface area contributed by atoms with E-state index in [-0.39, 0.29) is 0 Å². The van der Waals surface area contributed by atoms with Crippen LogP contribution in [0.3, 0.4) is 0 Å². The van der Waals surface area contributed by atoms with Crippen molar-refractivity contribution >= 4 is 11.4 Å². The maximum absolute atomic E-state index is 3.69. The fourth-order valence-electron chi connectivity index (χ4n) is 2.71. The molecule has 106 valence electrons. The zero-order valence-electron chi connectivity index (χ0n) is 12.5. The highest BCUT2D eigenvalue weighted by Gasteiger charge is 2.15. The van der Waals surface area contributed by atoms with Crippen molar-refractivity contribution in [2.75, 3.05) is 43.9 Å². The summed E-state index contributed by atoms with van der Waals surface area (Å²) in [4.78, 5) is 4.69. The predicted molar refractivity (Wildman–Crippen MR) is 84.1 cm³/mol. The molecular weight excluding hydrogens is 234 g/mol. The van der Waals surface area contributed by atoms with Crippen LogP contribution in [0.25, 0.3) is 0 Å². The van der Waals surface area contributed by atoms with Crippen LogP contribution in [0.4, 0.5) is 11.4 Å². The molecule has 0 bridgehead atoms. The second-order valence-electron chi connectivity index (χ2n) is 5.65. The second-order valence-corrected chi connectivity index (χ2v) is 5.65. The Kier molecular flexibility index (Phi) is 5.08. The molecule has 0 radical (unpaired) electrons. The summed E-state index contributed by atoms with van der Waals surface area (Å²) in [5, 5.41) is 3.69. The van der Waals surface area contributed by atoms with E-state index in [0.29, 0.717) is 6.04 Å². The minimum atomic E-state index is 0.627. The zero-order valence-corrected chi connectivity index (χ0v) is 12.5. The predicted octanol–water partition coefficient (Wildman–Crippen LogP) is 3.04. The quantitative estimate of drug-likeness (QED) is 0.899. The number of rotatable bonds is 4. The molecule has 3 nitrogen and oxygen atoms in total. The Morgan fingerprint density at radius 3 is 2.53 bits per heavy atom. The fourth-order valence-corrected chi connectivity index (χ4v) is 2.71. The molecule has 0 saturated carbocycles. The van der Waals surface area contributed by atoms with E-state index in [1.54, 1.807) is 0 Å². The van der Waals surface area contributed by atoms with Gasteiger partial charge in [-0.15, -0.1) is 0 Å². The Hall–Kier alpha value is -1.22. The topological polar surface area (TPSA) is 18.5 Å². The van der Waals surface area contributed by atoms with Crippen LogP contribution in [0.1, 0.15) is 26.2 Å². The number of hydrogen-bond acceptors (Lipinski definition) is 3. The van der Waals surface area contributed by atoms with Crippen LogP contribution in [0.15, 0.2) is 24.3 Å². The molecule has 1 aromatic carbocycles. The molecule has 0 aliphatic carbocycles. The zero-order chi connectivity index (χ0) is 13.7. The number of hydrogen-bond donors (Lipinski definition) is 1. The molecule has 0 amide bonds. The minimum absolute atomic E-state index is 0.627. The van der Waals surface area contributed by atoms with Gasteiger partial charge in [-0.1, -0.05) is 6.92 Å². The van der Waals surface area contributed by atoms with Gasteiger partial charge in [0.25, 0.3) is 0 Å². The molecule has 19 heavy (non-hydrogen) atoms. The van der Waals surface area contributed by atoms with Crippen molar-refractivity contribution in [2.45, 2.75) is 32.2 Å². The van der Waals surface area contributed by atoms with E-state index in [0.717, 1.165) is 0 Å². The lowest BCUT2D eigenvalue weighted by molar-refractivity contribution is 0.300. The summed E-state index contributed by atoms with van der Waals surface area (Å²) in [6.45, 7) is 5.93. The lowest BCUT2D eigenvalue weighted by Gasteiger charge is -2.20. The Bertz CT molecular complexity index is 372. The monoisotopic (exact) mass is 261 g/mol. The first-order valence-electron chi connectivity index (χ1n) is 7.45. The average molecular weight is 261 g/mol. The van der Waals surface area contributed by atoms with Crippen LogP contribution >= 0.6 is 0 Å². The number of nitrogens with zero attached hydrogens (tertiary/aromatic N) is 2. The van der Waals surface area contributed by atoms with Gasteiger partial charge in [0.15, 0.2) is 0 Å². The van der Waals surface area contributed by atoms with Gasteiger partial charge in [-0.05, 0) is 56.6 Å². The Morgan fingerprint density at radius 2 is 1.89 bits per heavy atom. The van der Waals surface area contributed by atoms with Crippen molar-refractivity contribution in [3.63, 3.8) is 0 Å². The molecule has 1 fully saturated rings. The van der Waals surface area contributed by atoms with Crippen LogP contribution in [-0.4, -0.2) is 44.7 Å². The molecule has 1 aliphatic rings. The smallest absolute Gasteiger partial charge is 0.0362 e. The van der Waals surface area contributed by atoms with Crippen LogP contribution in [-0.2, 0) is 0 Å². The van der Waals surface area contributed by atoms with Gasteiger partial charge < -0.3 is 15.1 Å². The first-order valence-corrected chi connectivity index (χ1v) is 7.45. The summed E-state index contributed by atoms with van der Waals surface area (Å²) in [5.41, 5.74) is 2.50. The van der Waals surface area contributed by atoms with E-state index in [2.05, 4.69) is 60.4 Å². The molecule has 3 heteroatoms. The van der Waals surface area contributed by atoms with E-state index in [1.165, 1.54) is 50.3 Å². The molecule has 1 unspecified atom stereocenters. The Morgan fingerprint density at radius 1 is 1.16 bits per heavy atom. The van der Waals surface area contributed by atoms with E-state index in [1.807, 2.05) is 0 Å². The molecule has 1 heterocycles. The van der Waals surface area contributed by atoms with Crippen molar-refractivity contribution in [1.82, 2.24) is 4.90 Å². The molecule has 1 saturated heterocycles. The SMILES string of the molecule is CCN1CCCC(Nc2ccc(N(C)C)cc2)CC1. The third-order valence-corrected chi connectivity index (χ3v) is 4.02. The van der Waals surface area contributed by atoms with E-state index in [9.17, 15) is 0 Å². The third kappa shape index (κ3) is 4.13. The van der Waals surface area contributed by atoms with Gasteiger partial charge in [-0.25, -0.2) is 0 Å². The molecule has 1 atom stereocenters. The fraction of sp³-hybridized carbons (Fsp3) is 0.625. The molecule has 1 aromatic rings. The lowest BCUT2D eigenvalue weighted by atomic mass is 10.1. The Labute approximate surface area is 117 Å². The van der Waals surface area contributed by atoms with Crippen LogP contribution < -0.4 is 10.2 Å². The van der Waals surface area contributed by atoms with Gasteiger partial charge in [0, 0.05) is 38.1 Å². The summed E-state index contributed by atoms with van der Waals surface area (Å²) in [7, 11) is 4.15. The largest absolute Gasteiger partial charge is 0.382 e. The molecule has 1 N–H and O–H groups in total. The van der Waals surface area contributed by atoms with Gasteiger partial charge in [0.2, 0.25) is 0 Å². The van der Waals surface area contributed by atoms with E-state index in [4.69, 9.17) is 0 Å². The Balaban J connectivity index is 1.90. The van der Waals surface area contributed by atoms with E-state index < -0.39 is 0 Å². The van der Waals surface area contributed by atoms with Gasteiger partial charge in [0.1, 0.15) is 0 Å². The summed E-state index contributed by atoms with van der Waals surface area (Å²) < 4.78 is 0. The van der Waals surface area contributed by atoms with E-state index >= 15 is 0 Å². The maximum atomic E-state index is 3.69. The normalized spacial score (nSPS) is 20.9. The molecule has 2 rings (SSSR count). The second kappa shape index (κ2) is 6.80. The molecular formula is C16H27N3. The first-order chi connectivity index (χ1) is 9.19. The van der Waals surface area contributed by atoms with Gasteiger partial charge in [-0.2, -0.15) is 0 Å². The lowest BCUT2D eigenvalue weighted by Crippen LogP contribution is -2.26. The number of anilines is 2. The number of nitrogens with one attached hydrogen (secondary N) is 1. The molecule has 0 spiro atoms. The summed E-state index contributed by atoms with van der Waals surface area (Å²) in [6.07, 6.45) is 3.84. The third-order valence-electron chi connectivity index (χ3n) is 4.02. The highest BCUT2D eigenvalue weighted by Crippen LogP contribution is 2.19. The number of likely N-dealkylation sites (tertiary alicyclic amines) is 1. The molecule has 0 aromatic heterocycles. The van der Waals surface area contributed by atoms with Crippen molar-refractivity contribution in [2.24, 2.45) is 0 Å². The summed E-state index contributed by atoms with van der Waals surface area (Å²) >= 11 is 0. The van der Waals surface area contributed by atoms with Crippen LogP contribution in [0.5, 0.6) is 0 Å². The van der Waals surface area contributed by atoms with Gasteiger partial charge in [-0.3, -0.25) is 0 Å². The van der Waals surface area contributed by atoms with Crippen LogP contribution in [0.2, 0.25) is 0 Å². The van der Waals surface area contributed by atoms with Gasteiger partial charge in [0.05, 0.1) is 0 Å². The standard InChI is InChI=1S/C16H27N3/c1-4-19-12-5-6-14(11-13-19)17-15-7-9-16(10-8-15)18(2)3/h7-10,14,17H,4-6,11-13H2,1-3H3. The molecule has 1 aliphatic heterocycles. The summed E-state index contributed by atoms with van der Waals surface area (Å²) in [5.74, 6) is 0. The minimum Gasteiger partial charge on any atom is -0.382 e. The first kappa shape index (κ1) is 14.2. The highest BCUT2D eigenvalue weighted by atomic mass is 15.1. The average Bonchev–Trinajstić information content (AvgIpc) is 2.64. The van der Waals surface area contributed by atoms with Crippen LogP contribution in [0, 0.1) is 0 Å². The van der Waals surface area contributed by atoms with Crippen molar-refractivity contribution in [1.29, 1.82) is 0 Å². The highest BCUT2D eigenvalue weighted by molar-refractivity contribution is 5.54.